The van der Waals surface area contributed by atoms with Crippen molar-refractivity contribution in [1.29, 1.82) is 0 Å². The van der Waals surface area contributed by atoms with Gasteiger partial charge in [0.1, 0.15) is 17.1 Å². The number of rotatable bonds is 2. The first-order chi connectivity index (χ1) is 7.65. The first-order valence-corrected chi connectivity index (χ1v) is 5.18. The Balaban J connectivity index is 2.21. The van der Waals surface area contributed by atoms with Crippen LogP contribution < -0.4 is 0 Å². The summed E-state index contributed by atoms with van der Waals surface area (Å²) in [6.07, 6.45) is 2.84. The summed E-state index contributed by atoms with van der Waals surface area (Å²) in [6.45, 7) is 0.853. The molecule has 0 unspecified atom stereocenters. The van der Waals surface area contributed by atoms with Crippen molar-refractivity contribution in [2.24, 2.45) is 0 Å². The molecule has 1 aliphatic rings. The van der Waals surface area contributed by atoms with Crippen LogP contribution in [0.3, 0.4) is 0 Å². The van der Waals surface area contributed by atoms with Crippen LogP contribution in [0.2, 0.25) is 0 Å². The zero-order valence-electron chi connectivity index (χ0n) is 8.77. The van der Waals surface area contributed by atoms with Crippen LogP contribution in [0.25, 0.3) is 0 Å². The third-order valence-electron chi connectivity index (χ3n) is 2.97. The van der Waals surface area contributed by atoms with Crippen LogP contribution in [0.5, 0.6) is 0 Å². The molecule has 1 N–H and O–H groups in total. The summed E-state index contributed by atoms with van der Waals surface area (Å²) in [5.41, 5.74) is -1.16. The molecule has 0 aromatic carbocycles. The van der Waals surface area contributed by atoms with Crippen LogP contribution in [0.15, 0.2) is 18.3 Å². The molecule has 0 spiro atoms. The molecule has 0 atom stereocenters. The van der Waals surface area contributed by atoms with Crippen LogP contribution >= 0.6 is 0 Å². The molecule has 86 valence electrons. The highest BCUT2D eigenvalue weighted by Gasteiger charge is 2.36. The minimum absolute atomic E-state index is 0.0838. The Hall–Kier alpha value is -1.49. The fraction of sp³-hybridized carbons (Fsp3) is 0.455. The Morgan fingerprint density at radius 3 is 2.75 bits per heavy atom. The molecule has 1 aliphatic heterocycles. The molecule has 2 heterocycles. The summed E-state index contributed by atoms with van der Waals surface area (Å²) in [5.74, 6) is -0.496. The number of halogens is 1. The molecule has 0 aliphatic carbocycles. The van der Waals surface area contributed by atoms with E-state index in [-0.39, 0.29) is 5.69 Å². The highest BCUT2D eigenvalue weighted by Crippen LogP contribution is 2.32. The Morgan fingerprint density at radius 2 is 2.19 bits per heavy atom. The van der Waals surface area contributed by atoms with Gasteiger partial charge in [0.05, 0.1) is 0 Å². The second-order valence-corrected chi connectivity index (χ2v) is 4.01. The van der Waals surface area contributed by atoms with Gasteiger partial charge in [-0.2, -0.15) is 0 Å². The van der Waals surface area contributed by atoms with Crippen molar-refractivity contribution < 1.29 is 14.3 Å². The minimum atomic E-state index is -1.25. The van der Waals surface area contributed by atoms with E-state index in [0.717, 1.165) is 6.41 Å². The number of aromatic nitrogens is 1. The van der Waals surface area contributed by atoms with Crippen molar-refractivity contribution >= 4 is 6.41 Å². The molecule has 4 nitrogen and oxygen atoms in total. The van der Waals surface area contributed by atoms with Crippen molar-refractivity contribution in [3.05, 3.63) is 29.8 Å². The number of carbonyl (C=O) groups is 1. The monoisotopic (exact) mass is 224 g/mol. The average Bonchev–Trinajstić information content (AvgIpc) is 2.30. The molecule has 2 rings (SSSR count). The van der Waals surface area contributed by atoms with Crippen LogP contribution in [-0.4, -0.2) is 34.5 Å². The molecular formula is C11H13FN2O2. The predicted octanol–water partition coefficient (Wildman–Crippen LogP) is 0.660. The Labute approximate surface area is 92.7 Å². The summed E-state index contributed by atoms with van der Waals surface area (Å²) in [5, 5.41) is 10.3. The van der Waals surface area contributed by atoms with E-state index < -0.39 is 11.4 Å². The molecule has 1 fully saturated rings. The van der Waals surface area contributed by atoms with Gasteiger partial charge in [-0.1, -0.05) is 0 Å². The molecule has 5 heteroatoms. The van der Waals surface area contributed by atoms with Crippen molar-refractivity contribution in [1.82, 2.24) is 9.88 Å². The number of likely N-dealkylation sites (tertiary alicyclic amines) is 1. The maximum absolute atomic E-state index is 13.5. The van der Waals surface area contributed by atoms with Gasteiger partial charge >= 0.3 is 0 Å². The van der Waals surface area contributed by atoms with Crippen molar-refractivity contribution in [3.8, 4) is 0 Å². The lowest BCUT2D eigenvalue weighted by Crippen LogP contribution is -2.42. The van der Waals surface area contributed by atoms with Gasteiger partial charge in [-0.25, -0.2) is 4.39 Å². The first-order valence-electron chi connectivity index (χ1n) is 5.18. The second kappa shape index (κ2) is 4.17. The number of piperidine rings is 1. The number of pyridine rings is 1. The fourth-order valence-corrected chi connectivity index (χ4v) is 1.96. The summed E-state index contributed by atoms with van der Waals surface area (Å²) < 4.78 is 13.5. The topological polar surface area (TPSA) is 53.4 Å². The first kappa shape index (κ1) is 11.0. The molecule has 1 amide bonds. The third kappa shape index (κ3) is 1.90. The van der Waals surface area contributed by atoms with E-state index in [2.05, 4.69) is 4.98 Å². The minimum Gasteiger partial charge on any atom is -0.383 e. The van der Waals surface area contributed by atoms with Gasteiger partial charge in [0.15, 0.2) is 0 Å². The van der Waals surface area contributed by atoms with E-state index in [0.29, 0.717) is 25.9 Å². The molecule has 0 radical (unpaired) electrons. The summed E-state index contributed by atoms with van der Waals surface area (Å²) in [4.78, 5) is 16.0. The fourth-order valence-electron chi connectivity index (χ4n) is 1.96. The molecule has 1 saturated heterocycles. The summed E-state index contributed by atoms with van der Waals surface area (Å²) >= 11 is 0. The van der Waals surface area contributed by atoms with E-state index in [1.165, 1.54) is 18.3 Å². The number of carbonyl (C=O) groups excluding carboxylic acids is 1. The number of hydrogen-bond donors (Lipinski definition) is 1. The van der Waals surface area contributed by atoms with Crippen molar-refractivity contribution in [2.75, 3.05) is 13.1 Å². The van der Waals surface area contributed by atoms with Crippen LogP contribution in [0.4, 0.5) is 4.39 Å². The van der Waals surface area contributed by atoms with Crippen LogP contribution in [-0.2, 0) is 10.4 Å². The lowest BCUT2D eigenvalue weighted by Gasteiger charge is -2.36. The average molecular weight is 224 g/mol. The number of aliphatic hydroxyl groups is 1. The Kier molecular flexibility index (Phi) is 2.87. The van der Waals surface area contributed by atoms with Crippen LogP contribution in [0, 0.1) is 5.82 Å². The van der Waals surface area contributed by atoms with Gasteiger partial charge in [-0.3, -0.25) is 9.78 Å². The maximum atomic E-state index is 13.5. The number of nitrogens with zero attached hydrogens (tertiary/aromatic N) is 2. The Bertz CT molecular complexity index is 389. The summed E-state index contributed by atoms with van der Waals surface area (Å²) in [7, 11) is 0. The third-order valence-corrected chi connectivity index (χ3v) is 2.97. The Morgan fingerprint density at radius 1 is 1.50 bits per heavy atom. The van der Waals surface area contributed by atoms with Crippen LogP contribution in [0.1, 0.15) is 18.5 Å². The smallest absolute Gasteiger partial charge is 0.209 e. The predicted molar refractivity (Wildman–Crippen MR) is 55.0 cm³/mol. The standard InChI is InChI=1S/C11H13FN2O2/c12-9-2-1-5-13-10(9)11(16)3-6-14(8-15)7-4-11/h1-2,5,8,16H,3-4,6-7H2. The van der Waals surface area contributed by atoms with E-state index in [4.69, 9.17) is 0 Å². The van der Waals surface area contributed by atoms with Crippen molar-refractivity contribution in [2.45, 2.75) is 18.4 Å². The number of hydrogen-bond acceptors (Lipinski definition) is 3. The molecule has 1 aromatic rings. The second-order valence-electron chi connectivity index (χ2n) is 4.01. The zero-order chi connectivity index (χ0) is 11.6. The van der Waals surface area contributed by atoms with Crippen molar-refractivity contribution in [3.63, 3.8) is 0 Å². The zero-order valence-corrected chi connectivity index (χ0v) is 8.77. The lowest BCUT2D eigenvalue weighted by atomic mass is 9.87. The van der Waals surface area contributed by atoms with Gasteiger partial charge in [0.2, 0.25) is 6.41 Å². The quantitative estimate of drug-likeness (QED) is 0.751. The van der Waals surface area contributed by atoms with E-state index in [1.807, 2.05) is 0 Å². The van der Waals surface area contributed by atoms with E-state index >= 15 is 0 Å². The van der Waals surface area contributed by atoms with Gasteiger partial charge in [-0.05, 0) is 25.0 Å². The molecule has 1 aromatic heterocycles. The lowest BCUT2D eigenvalue weighted by molar-refractivity contribution is -0.122. The van der Waals surface area contributed by atoms with Gasteiger partial charge < -0.3 is 10.0 Å². The normalized spacial score (nSPS) is 19.5. The van der Waals surface area contributed by atoms with Gasteiger partial charge in [0, 0.05) is 19.3 Å². The van der Waals surface area contributed by atoms with Gasteiger partial charge in [-0.15, -0.1) is 0 Å². The molecular weight excluding hydrogens is 211 g/mol. The SMILES string of the molecule is O=CN1CCC(O)(c2ncccc2F)CC1. The maximum Gasteiger partial charge on any atom is 0.209 e. The van der Waals surface area contributed by atoms with E-state index in [1.54, 1.807) is 4.90 Å². The number of amides is 1. The molecule has 0 bridgehead atoms. The molecule has 16 heavy (non-hydrogen) atoms. The highest BCUT2D eigenvalue weighted by molar-refractivity contribution is 5.47. The summed E-state index contributed by atoms with van der Waals surface area (Å²) in [6, 6.07) is 2.77. The molecule has 0 saturated carbocycles. The largest absolute Gasteiger partial charge is 0.383 e. The van der Waals surface area contributed by atoms with Gasteiger partial charge in [0.25, 0.3) is 0 Å². The highest BCUT2D eigenvalue weighted by atomic mass is 19.1. The van der Waals surface area contributed by atoms with E-state index in [9.17, 15) is 14.3 Å².